The molecule has 8 heteroatoms. The summed E-state index contributed by atoms with van der Waals surface area (Å²) in [5.74, 6) is -0.376. The van der Waals surface area contributed by atoms with E-state index in [1.165, 1.54) is 18.6 Å². The predicted molar refractivity (Wildman–Crippen MR) is 89.4 cm³/mol. The van der Waals surface area contributed by atoms with Crippen LogP contribution >= 0.6 is 0 Å². The zero-order valence-corrected chi connectivity index (χ0v) is 13.6. The van der Waals surface area contributed by atoms with Gasteiger partial charge < -0.3 is 5.32 Å². The Labute approximate surface area is 147 Å². The first kappa shape index (κ1) is 17.5. The van der Waals surface area contributed by atoms with Gasteiger partial charge in [-0.05, 0) is 42.3 Å². The highest BCUT2D eigenvalue weighted by Gasteiger charge is 2.35. The maximum atomic E-state index is 13.4. The van der Waals surface area contributed by atoms with Crippen LogP contribution < -0.4 is 5.32 Å². The van der Waals surface area contributed by atoms with Gasteiger partial charge in [0.2, 0.25) is 0 Å². The zero-order valence-electron chi connectivity index (χ0n) is 13.6. The van der Waals surface area contributed by atoms with Gasteiger partial charge in [0.15, 0.2) is 0 Å². The standard InChI is InChI=1S/C18H13F3N4O/c1-11-5-7-22-9-13(11)12-8-15(24-10-14(12)18(19,20)21)17(26)25-16-4-2-3-6-23-16/h2-10H,1H3,(H,23,25,26). The van der Waals surface area contributed by atoms with Crippen molar-refractivity contribution in [3.63, 3.8) is 0 Å². The van der Waals surface area contributed by atoms with E-state index in [0.29, 0.717) is 11.8 Å². The van der Waals surface area contributed by atoms with Gasteiger partial charge in [0, 0.05) is 30.4 Å². The van der Waals surface area contributed by atoms with E-state index in [4.69, 9.17) is 0 Å². The summed E-state index contributed by atoms with van der Waals surface area (Å²) in [5.41, 5.74) is -0.337. The summed E-state index contributed by atoms with van der Waals surface area (Å²) >= 11 is 0. The number of halogens is 3. The maximum Gasteiger partial charge on any atom is 0.418 e. The molecule has 0 atom stereocenters. The van der Waals surface area contributed by atoms with Crippen molar-refractivity contribution in [3.05, 3.63) is 71.9 Å². The number of hydrogen-bond acceptors (Lipinski definition) is 4. The molecule has 5 nitrogen and oxygen atoms in total. The van der Waals surface area contributed by atoms with Crippen LogP contribution in [0.4, 0.5) is 19.0 Å². The molecule has 0 fully saturated rings. The molecule has 3 aromatic rings. The smallest absolute Gasteiger partial charge is 0.305 e. The van der Waals surface area contributed by atoms with Crippen LogP contribution in [-0.4, -0.2) is 20.9 Å². The SMILES string of the molecule is Cc1ccncc1-c1cc(C(=O)Nc2ccccn2)ncc1C(F)(F)F. The Morgan fingerprint density at radius 1 is 1.04 bits per heavy atom. The van der Waals surface area contributed by atoms with E-state index in [1.807, 2.05) is 0 Å². The molecule has 0 bridgehead atoms. The predicted octanol–water partition coefficient (Wildman–Crippen LogP) is 4.12. The number of carbonyl (C=O) groups is 1. The van der Waals surface area contributed by atoms with Gasteiger partial charge in [0.05, 0.1) is 5.56 Å². The summed E-state index contributed by atoms with van der Waals surface area (Å²) in [7, 11) is 0. The number of aromatic nitrogens is 3. The number of anilines is 1. The molecule has 0 spiro atoms. The third kappa shape index (κ3) is 3.69. The minimum absolute atomic E-state index is 0.149. The van der Waals surface area contributed by atoms with E-state index in [-0.39, 0.29) is 22.6 Å². The Morgan fingerprint density at radius 3 is 2.50 bits per heavy atom. The van der Waals surface area contributed by atoms with Crippen LogP contribution in [0.2, 0.25) is 0 Å². The Hall–Kier alpha value is -3.29. The average Bonchev–Trinajstić information content (AvgIpc) is 2.61. The van der Waals surface area contributed by atoms with Gasteiger partial charge in [0.1, 0.15) is 11.5 Å². The molecule has 0 aromatic carbocycles. The number of pyridine rings is 3. The van der Waals surface area contributed by atoms with Crippen molar-refractivity contribution in [1.82, 2.24) is 15.0 Å². The van der Waals surface area contributed by atoms with Crippen molar-refractivity contribution in [2.75, 3.05) is 5.32 Å². The first-order valence-corrected chi connectivity index (χ1v) is 7.57. The van der Waals surface area contributed by atoms with E-state index in [0.717, 1.165) is 6.07 Å². The Kier molecular flexibility index (Phi) is 4.66. The molecule has 0 aliphatic rings. The molecule has 0 aliphatic heterocycles. The number of amides is 1. The summed E-state index contributed by atoms with van der Waals surface area (Å²) < 4.78 is 40.1. The molecule has 1 amide bonds. The third-order valence-corrected chi connectivity index (χ3v) is 3.68. The molecule has 0 aliphatic carbocycles. The number of nitrogens with zero attached hydrogens (tertiary/aromatic N) is 3. The molecule has 3 aromatic heterocycles. The van der Waals surface area contributed by atoms with Gasteiger partial charge in [-0.1, -0.05) is 6.07 Å². The Morgan fingerprint density at radius 2 is 1.85 bits per heavy atom. The largest absolute Gasteiger partial charge is 0.418 e. The lowest BCUT2D eigenvalue weighted by molar-refractivity contribution is -0.137. The Bertz CT molecular complexity index is 943. The van der Waals surface area contributed by atoms with Gasteiger partial charge in [-0.2, -0.15) is 13.2 Å². The van der Waals surface area contributed by atoms with E-state index < -0.39 is 17.6 Å². The molecule has 0 radical (unpaired) electrons. The number of aryl methyl sites for hydroxylation is 1. The van der Waals surface area contributed by atoms with Crippen LogP contribution in [0.5, 0.6) is 0 Å². The van der Waals surface area contributed by atoms with E-state index >= 15 is 0 Å². The summed E-state index contributed by atoms with van der Waals surface area (Å²) in [6.07, 6.45) is 0.359. The van der Waals surface area contributed by atoms with Crippen LogP contribution in [-0.2, 0) is 6.18 Å². The second-order valence-electron chi connectivity index (χ2n) is 5.47. The number of carbonyl (C=O) groups excluding carboxylic acids is 1. The number of alkyl halides is 3. The van der Waals surface area contributed by atoms with Crippen LogP contribution in [0.1, 0.15) is 21.6 Å². The molecular formula is C18H13F3N4O. The average molecular weight is 358 g/mol. The minimum Gasteiger partial charge on any atom is -0.305 e. The molecule has 1 N–H and O–H groups in total. The first-order chi connectivity index (χ1) is 12.4. The van der Waals surface area contributed by atoms with Crippen molar-refractivity contribution in [2.24, 2.45) is 0 Å². The number of hydrogen-bond donors (Lipinski definition) is 1. The second-order valence-corrected chi connectivity index (χ2v) is 5.47. The maximum absolute atomic E-state index is 13.4. The van der Waals surface area contributed by atoms with Crippen LogP contribution in [0.25, 0.3) is 11.1 Å². The van der Waals surface area contributed by atoms with Crippen LogP contribution in [0.15, 0.2) is 55.1 Å². The number of rotatable bonds is 3. The molecule has 3 rings (SSSR count). The fourth-order valence-corrected chi connectivity index (χ4v) is 2.39. The van der Waals surface area contributed by atoms with E-state index in [1.54, 1.807) is 31.2 Å². The highest BCUT2D eigenvalue weighted by molar-refractivity contribution is 6.03. The van der Waals surface area contributed by atoms with E-state index in [2.05, 4.69) is 20.3 Å². The number of nitrogens with one attached hydrogen (secondary N) is 1. The molecular weight excluding hydrogens is 345 g/mol. The lowest BCUT2D eigenvalue weighted by Gasteiger charge is -2.15. The van der Waals surface area contributed by atoms with Crippen molar-refractivity contribution >= 4 is 11.7 Å². The topological polar surface area (TPSA) is 67.8 Å². The monoisotopic (exact) mass is 358 g/mol. The van der Waals surface area contributed by atoms with Crippen molar-refractivity contribution in [3.8, 4) is 11.1 Å². The highest BCUT2D eigenvalue weighted by Crippen LogP contribution is 2.37. The van der Waals surface area contributed by atoms with Crippen molar-refractivity contribution in [1.29, 1.82) is 0 Å². The third-order valence-electron chi connectivity index (χ3n) is 3.68. The Balaban J connectivity index is 2.05. The molecule has 0 saturated carbocycles. The molecule has 3 heterocycles. The molecule has 0 unspecified atom stereocenters. The van der Waals surface area contributed by atoms with Crippen LogP contribution in [0.3, 0.4) is 0 Å². The fourth-order valence-electron chi connectivity index (χ4n) is 2.39. The van der Waals surface area contributed by atoms with Crippen LogP contribution in [0, 0.1) is 6.92 Å². The van der Waals surface area contributed by atoms with Crippen molar-refractivity contribution < 1.29 is 18.0 Å². The summed E-state index contributed by atoms with van der Waals surface area (Å²) in [6.45, 7) is 1.67. The lowest BCUT2D eigenvalue weighted by Crippen LogP contribution is -2.16. The second kappa shape index (κ2) is 6.91. The van der Waals surface area contributed by atoms with Gasteiger partial charge in [0.25, 0.3) is 5.91 Å². The summed E-state index contributed by atoms with van der Waals surface area (Å²) in [4.78, 5) is 23.8. The quantitative estimate of drug-likeness (QED) is 0.765. The van der Waals surface area contributed by atoms with E-state index in [9.17, 15) is 18.0 Å². The minimum atomic E-state index is -4.61. The van der Waals surface area contributed by atoms with Gasteiger partial charge >= 0.3 is 6.18 Å². The summed E-state index contributed by atoms with van der Waals surface area (Å²) in [6, 6.07) is 7.63. The van der Waals surface area contributed by atoms with Gasteiger partial charge in [-0.15, -0.1) is 0 Å². The highest BCUT2D eigenvalue weighted by atomic mass is 19.4. The lowest BCUT2D eigenvalue weighted by atomic mass is 9.98. The molecule has 132 valence electrons. The zero-order chi connectivity index (χ0) is 18.7. The fraction of sp³-hybridized carbons (Fsp3) is 0.111. The molecule has 26 heavy (non-hydrogen) atoms. The normalized spacial score (nSPS) is 11.2. The van der Waals surface area contributed by atoms with Crippen molar-refractivity contribution in [2.45, 2.75) is 13.1 Å². The first-order valence-electron chi connectivity index (χ1n) is 7.57. The van der Waals surface area contributed by atoms with Gasteiger partial charge in [-0.3, -0.25) is 14.8 Å². The van der Waals surface area contributed by atoms with Gasteiger partial charge in [-0.25, -0.2) is 4.98 Å². The summed E-state index contributed by atoms with van der Waals surface area (Å²) in [5, 5.41) is 2.50. The molecule has 0 saturated heterocycles.